The lowest BCUT2D eigenvalue weighted by Crippen LogP contribution is -2.62. The molecule has 1 aromatic rings. The predicted octanol–water partition coefficient (Wildman–Crippen LogP) is 2.67. The van der Waals surface area contributed by atoms with Crippen molar-refractivity contribution in [1.29, 1.82) is 0 Å². The fourth-order valence-corrected chi connectivity index (χ4v) is 5.45. The first kappa shape index (κ1) is 18.3. The summed E-state index contributed by atoms with van der Waals surface area (Å²) in [5.41, 5.74) is -0.0656. The Morgan fingerprint density at radius 2 is 2.00 bits per heavy atom. The van der Waals surface area contributed by atoms with E-state index in [1.807, 2.05) is 11.3 Å². The van der Waals surface area contributed by atoms with Gasteiger partial charge in [-0.1, -0.05) is 13.8 Å². The Morgan fingerprint density at radius 3 is 2.62 bits per heavy atom. The summed E-state index contributed by atoms with van der Waals surface area (Å²) in [6, 6.07) is 4.55. The van der Waals surface area contributed by atoms with Crippen molar-refractivity contribution in [2.24, 2.45) is 11.3 Å². The number of hydrogen-bond donors (Lipinski definition) is 2. The van der Waals surface area contributed by atoms with Gasteiger partial charge < -0.3 is 14.9 Å². The smallest absolute Gasteiger partial charge is 0.0701 e. The molecule has 3 rings (SSSR count). The molecule has 24 heavy (non-hydrogen) atoms. The quantitative estimate of drug-likeness (QED) is 0.791. The van der Waals surface area contributed by atoms with Gasteiger partial charge in [0.25, 0.3) is 0 Å². The van der Waals surface area contributed by atoms with Gasteiger partial charge in [0.2, 0.25) is 0 Å². The second-order valence-corrected chi connectivity index (χ2v) is 9.06. The Bertz CT molecular complexity index is 522. The van der Waals surface area contributed by atoms with Crippen molar-refractivity contribution < 1.29 is 14.9 Å². The van der Waals surface area contributed by atoms with E-state index in [9.17, 15) is 5.11 Å². The fraction of sp³-hybridized carbons (Fsp3) is 0.789. The van der Waals surface area contributed by atoms with Crippen molar-refractivity contribution in [3.8, 4) is 0 Å². The van der Waals surface area contributed by atoms with Crippen LogP contribution in [0.4, 0.5) is 0 Å². The maximum Gasteiger partial charge on any atom is 0.0701 e. The first-order chi connectivity index (χ1) is 11.5. The highest BCUT2D eigenvalue weighted by Crippen LogP contribution is 2.51. The van der Waals surface area contributed by atoms with Gasteiger partial charge in [-0.05, 0) is 50.4 Å². The first-order valence-electron chi connectivity index (χ1n) is 9.24. The molecule has 0 unspecified atom stereocenters. The standard InChI is InChI=1S/C19H31NO3S/c1-14(2)11-15-3-4-16(24-15)13-20-7-5-19(6-8-20)17(22)12-18(19)23-10-9-21/h3-4,14,17-18,21-22H,5-13H2,1-2H3/t17-,18+/m0/s1. The van der Waals surface area contributed by atoms with Crippen molar-refractivity contribution >= 4 is 11.3 Å². The minimum atomic E-state index is -0.234. The van der Waals surface area contributed by atoms with Gasteiger partial charge in [0.05, 0.1) is 25.4 Å². The van der Waals surface area contributed by atoms with E-state index in [1.165, 1.54) is 16.2 Å². The Kier molecular flexibility index (Phi) is 5.98. The van der Waals surface area contributed by atoms with Crippen molar-refractivity contribution in [3.63, 3.8) is 0 Å². The molecule has 2 heterocycles. The number of hydrogen-bond acceptors (Lipinski definition) is 5. The highest BCUT2D eigenvalue weighted by molar-refractivity contribution is 7.11. The van der Waals surface area contributed by atoms with Gasteiger partial charge in [-0.2, -0.15) is 0 Å². The molecule has 0 radical (unpaired) electrons. The summed E-state index contributed by atoms with van der Waals surface area (Å²) >= 11 is 1.94. The second-order valence-electron chi connectivity index (χ2n) is 7.81. The Morgan fingerprint density at radius 1 is 1.29 bits per heavy atom. The van der Waals surface area contributed by atoms with Crippen LogP contribution in [0, 0.1) is 11.3 Å². The number of thiophene rings is 1. The molecule has 2 fully saturated rings. The van der Waals surface area contributed by atoms with Crippen LogP contribution in [0.2, 0.25) is 0 Å². The van der Waals surface area contributed by atoms with Gasteiger partial charge in [-0.25, -0.2) is 0 Å². The number of piperidine rings is 1. The molecule has 2 atom stereocenters. The number of rotatable bonds is 7. The zero-order valence-electron chi connectivity index (χ0n) is 14.9. The molecule has 1 aliphatic carbocycles. The normalized spacial score (nSPS) is 26.9. The summed E-state index contributed by atoms with van der Waals surface area (Å²) in [6.45, 7) is 8.05. The fourth-order valence-electron chi connectivity index (χ4n) is 4.18. The third-order valence-corrected chi connectivity index (χ3v) is 6.74. The Labute approximate surface area is 149 Å². The molecule has 0 amide bonds. The van der Waals surface area contributed by atoms with E-state index in [1.54, 1.807) is 0 Å². The number of likely N-dealkylation sites (tertiary alicyclic amines) is 1. The van der Waals surface area contributed by atoms with Gasteiger partial charge in [0.1, 0.15) is 0 Å². The molecular weight excluding hydrogens is 322 g/mol. The van der Waals surface area contributed by atoms with Crippen LogP contribution in [0.15, 0.2) is 12.1 Å². The number of aliphatic hydroxyl groups excluding tert-OH is 2. The Hall–Kier alpha value is -0.460. The number of aliphatic hydroxyl groups is 2. The van der Waals surface area contributed by atoms with E-state index in [0.29, 0.717) is 12.5 Å². The molecule has 136 valence electrons. The molecule has 1 aromatic heterocycles. The largest absolute Gasteiger partial charge is 0.394 e. The maximum absolute atomic E-state index is 10.3. The van der Waals surface area contributed by atoms with Crippen LogP contribution >= 0.6 is 11.3 Å². The highest BCUT2D eigenvalue weighted by atomic mass is 32.1. The summed E-state index contributed by atoms with van der Waals surface area (Å²) in [7, 11) is 0. The van der Waals surface area contributed by atoms with E-state index >= 15 is 0 Å². The van der Waals surface area contributed by atoms with Gasteiger partial charge in [-0.15, -0.1) is 11.3 Å². The molecule has 4 nitrogen and oxygen atoms in total. The minimum absolute atomic E-state index is 0.0614. The van der Waals surface area contributed by atoms with E-state index in [0.717, 1.165) is 38.9 Å². The van der Waals surface area contributed by atoms with E-state index < -0.39 is 0 Å². The van der Waals surface area contributed by atoms with Crippen molar-refractivity contribution in [2.75, 3.05) is 26.3 Å². The molecule has 2 aliphatic rings. The second kappa shape index (κ2) is 7.83. The van der Waals surface area contributed by atoms with Crippen molar-refractivity contribution in [3.05, 3.63) is 21.9 Å². The van der Waals surface area contributed by atoms with Gasteiger partial charge in [0, 0.05) is 28.1 Å². The summed E-state index contributed by atoms with van der Waals surface area (Å²) in [5, 5.41) is 19.3. The molecule has 0 bridgehead atoms. The summed E-state index contributed by atoms with van der Waals surface area (Å²) in [5.74, 6) is 0.710. The van der Waals surface area contributed by atoms with Gasteiger partial charge in [-0.3, -0.25) is 4.90 Å². The van der Waals surface area contributed by atoms with Crippen LogP contribution in [0.3, 0.4) is 0 Å². The van der Waals surface area contributed by atoms with Crippen LogP contribution in [0.25, 0.3) is 0 Å². The summed E-state index contributed by atoms with van der Waals surface area (Å²) in [4.78, 5) is 5.44. The SMILES string of the molecule is CC(C)Cc1ccc(CN2CCC3(CC2)[C@@H](O)C[C@H]3OCCO)s1. The number of nitrogens with zero attached hydrogens (tertiary/aromatic N) is 1. The number of ether oxygens (including phenoxy) is 1. The summed E-state index contributed by atoms with van der Waals surface area (Å²) < 4.78 is 5.76. The van der Waals surface area contributed by atoms with Crippen LogP contribution in [0.1, 0.15) is 42.9 Å². The van der Waals surface area contributed by atoms with E-state index in [-0.39, 0.29) is 24.2 Å². The average molecular weight is 354 g/mol. The van der Waals surface area contributed by atoms with Crippen LogP contribution < -0.4 is 0 Å². The summed E-state index contributed by atoms with van der Waals surface area (Å²) in [6.07, 6.45) is 3.78. The maximum atomic E-state index is 10.3. The Balaban J connectivity index is 1.50. The topological polar surface area (TPSA) is 52.9 Å². The lowest BCUT2D eigenvalue weighted by molar-refractivity contribution is -0.213. The molecule has 1 saturated heterocycles. The molecule has 2 N–H and O–H groups in total. The van der Waals surface area contributed by atoms with Gasteiger partial charge in [0.15, 0.2) is 0 Å². The molecule has 5 heteroatoms. The minimum Gasteiger partial charge on any atom is -0.394 e. The van der Waals surface area contributed by atoms with E-state index in [4.69, 9.17) is 9.84 Å². The third kappa shape index (κ3) is 3.86. The zero-order chi connectivity index (χ0) is 17.2. The van der Waals surface area contributed by atoms with Crippen LogP contribution in [-0.2, 0) is 17.7 Å². The van der Waals surface area contributed by atoms with Gasteiger partial charge >= 0.3 is 0 Å². The molecule has 1 saturated carbocycles. The predicted molar refractivity (Wildman–Crippen MR) is 97.3 cm³/mol. The van der Waals surface area contributed by atoms with Crippen LogP contribution in [-0.4, -0.2) is 53.6 Å². The lowest BCUT2D eigenvalue weighted by Gasteiger charge is -2.56. The first-order valence-corrected chi connectivity index (χ1v) is 10.1. The highest BCUT2D eigenvalue weighted by Gasteiger charge is 2.55. The van der Waals surface area contributed by atoms with Crippen molar-refractivity contribution in [1.82, 2.24) is 4.90 Å². The zero-order valence-corrected chi connectivity index (χ0v) is 15.7. The lowest BCUT2D eigenvalue weighted by atomic mass is 9.58. The third-order valence-electron chi connectivity index (χ3n) is 5.65. The molecule has 1 spiro atoms. The van der Waals surface area contributed by atoms with Crippen LogP contribution in [0.5, 0.6) is 0 Å². The molecule has 1 aliphatic heterocycles. The van der Waals surface area contributed by atoms with Crippen molar-refractivity contribution in [2.45, 2.75) is 58.3 Å². The van der Waals surface area contributed by atoms with E-state index in [2.05, 4.69) is 30.9 Å². The molecular formula is C19H31NO3S. The monoisotopic (exact) mass is 353 g/mol. The molecule has 0 aromatic carbocycles. The average Bonchev–Trinajstić information content (AvgIpc) is 2.98.